The summed E-state index contributed by atoms with van der Waals surface area (Å²) in [5.74, 6) is 1.26. The zero-order valence-corrected chi connectivity index (χ0v) is 7.43. The second-order valence-corrected chi connectivity index (χ2v) is 5.43. The molecule has 0 aliphatic carbocycles. The highest BCUT2D eigenvalue weighted by Gasteiger charge is 2.21. The third kappa shape index (κ3) is 2.40. The SMILES string of the molecule is COCC1CSC(C)S1. The molecule has 0 saturated carbocycles. The Balaban J connectivity index is 2.14. The van der Waals surface area contributed by atoms with Gasteiger partial charge in [0.15, 0.2) is 0 Å². The number of rotatable bonds is 2. The zero-order chi connectivity index (χ0) is 6.69. The molecule has 2 unspecified atom stereocenters. The molecule has 1 nitrogen and oxygen atoms in total. The summed E-state index contributed by atoms with van der Waals surface area (Å²) in [6.07, 6.45) is 0. The zero-order valence-electron chi connectivity index (χ0n) is 5.79. The Kier molecular flexibility index (Phi) is 3.22. The molecule has 0 amide bonds. The second kappa shape index (κ2) is 3.74. The van der Waals surface area contributed by atoms with Gasteiger partial charge in [-0.1, -0.05) is 0 Å². The summed E-state index contributed by atoms with van der Waals surface area (Å²) in [4.78, 5) is 0. The summed E-state index contributed by atoms with van der Waals surface area (Å²) in [7, 11) is 1.77. The van der Waals surface area contributed by atoms with E-state index in [9.17, 15) is 0 Å². The van der Waals surface area contributed by atoms with Crippen molar-refractivity contribution in [3.63, 3.8) is 0 Å². The maximum Gasteiger partial charge on any atom is 0.0589 e. The maximum atomic E-state index is 5.04. The van der Waals surface area contributed by atoms with Gasteiger partial charge in [0.1, 0.15) is 0 Å². The fourth-order valence-electron chi connectivity index (χ4n) is 0.866. The second-order valence-electron chi connectivity index (χ2n) is 2.11. The molecule has 0 bridgehead atoms. The number of ether oxygens (including phenoxy) is 1. The van der Waals surface area contributed by atoms with E-state index in [2.05, 4.69) is 6.92 Å². The Hall–Kier alpha value is 0.660. The van der Waals surface area contributed by atoms with E-state index in [-0.39, 0.29) is 0 Å². The minimum absolute atomic E-state index is 0.745. The molecule has 1 aliphatic rings. The van der Waals surface area contributed by atoms with Crippen molar-refractivity contribution in [3.8, 4) is 0 Å². The predicted octanol–water partition coefficient (Wildman–Crippen LogP) is 1.83. The molecule has 1 heterocycles. The van der Waals surface area contributed by atoms with Crippen LogP contribution in [0.2, 0.25) is 0 Å². The largest absolute Gasteiger partial charge is 0.384 e. The third-order valence-electron chi connectivity index (χ3n) is 1.25. The van der Waals surface area contributed by atoms with Crippen molar-refractivity contribution in [1.29, 1.82) is 0 Å². The Morgan fingerprint density at radius 3 is 2.89 bits per heavy atom. The van der Waals surface area contributed by atoms with Crippen LogP contribution in [0.1, 0.15) is 6.92 Å². The van der Waals surface area contributed by atoms with Gasteiger partial charge in [0.25, 0.3) is 0 Å². The first kappa shape index (κ1) is 7.76. The lowest BCUT2D eigenvalue weighted by Gasteiger charge is -2.04. The number of methoxy groups -OCH3 is 1. The normalized spacial score (nSPS) is 35.3. The quantitative estimate of drug-likeness (QED) is 0.616. The van der Waals surface area contributed by atoms with E-state index in [1.54, 1.807) is 7.11 Å². The molecule has 9 heavy (non-hydrogen) atoms. The number of hydrogen-bond donors (Lipinski definition) is 0. The molecule has 0 aromatic rings. The molecule has 1 fully saturated rings. The van der Waals surface area contributed by atoms with Crippen LogP contribution < -0.4 is 0 Å². The molecule has 2 atom stereocenters. The van der Waals surface area contributed by atoms with Crippen molar-refractivity contribution in [2.75, 3.05) is 19.5 Å². The van der Waals surface area contributed by atoms with Crippen molar-refractivity contribution < 1.29 is 4.74 Å². The molecule has 0 radical (unpaired) electrons. The van der Waals surface area contributed by atoms with Crippen molar-refractivity contribution in [3.05, 3.63) is 0 Å². The summed E-state index contributed by atoms with van der Waals surface area (Å²) >= 11 is 4.06. The van der Waals surface area contributed by atoms with E-state index in [1.165, 1.54) is 5.75 Å². The van der Waals surface area contributed by atoms with Gasteiger partial charge in [-0.25, -0.2) is 0 Å². The van der Waals surface area contributed by atoms with Gasteiger partial charge in [0, 0.05) is 22.7 Å². The van der Waals surface area contributed by atoms with Gasteiger partial charge in [0.05, 0.1) is 6.61 Å². The van der Waals surface area contributed by atoms with Crippen LogP contribution in [-0.2, 0) is 4.74 Å². The van der Waals surface area contributed by atoms with Crippen molar-refractivity contribution in [1.82, 2.24) is 0 Å². The van der Waals surface area contributed by atoms with Crippen LogP contribution in [0.3, 0.4) is 0 Å². The van der Waals surface area contributed by atoms with Gasteiger partial charge in [-0.3, -0.25) is 0 Å². The van der Waals surface area contributed by atoms with Crippen molar-refractivity contribution in [2.24, 2.45) is 0 Å². The molecule has 54 valence electrons. The van der Waals surface area contributed by atoms with E-state index in [4.69, 9.17) is 4.74 Å². The summed E-state index contributed by atoms with van der Waals surface area (Å²) in [6.45, 7) is 3.17. The highest BCUT2D eigenvalue weighted by molar-refractivity contribution is 8.20. The first-order valence-electron chi connectivity index (χ1n) is 3.09. The molecular weight excluding hydrogens is 152 g/mol. The van der Waals surface area contributed by atoms with E-state index in [0.29, 0.717) is 0 Å². The first-order chi connectivity index (χ1) is 4.33. The predicted molar refractivity (Wildman–Crippen MR) is 45.2 cm³/mol. The molecule has 1 saturated heterocycles. The first-order valence-corrected chi connectivity index (χ1v) is 5.08. The van der Waals surface area contributed by atoms with Gasteiger partial charge < -0.3 is 4.74 Å². The topological polar surface area (TPSA) is 9.23 Å². The molecule has 1 aliphatic heterocycles. The average molecular weight is 164 g/mol. The molecular formula is C6H12OS2. The molecule has 3 heteroatoms. The van der Waals surface area contributed by atoms with E-state index in [0.717, 1.165) is 16.4 Å². The molecule has 1 rings (SSSR count). The highest BCUT2D eigenvalue weighted by atomic mass is 32.2. The maximum absolute atomic E-state index is 5.04. The summed E-state index contributed by atoms with van der Waals surface area (Å²) in [5, 5.41) is 0.745. The van der Waals surface area contributed by atoms with Crippen molar-refractivity contribution in [2.45, 2.75) is 16.8 Å². The Bertz CT molecular complexity index is 85.1. The Labute approximate surface area is 64.9 Å². The molecule has 0 aromatic carbocycles. The van der Waals surface area contributed by atoms with Gasteiger partial charge in [-0.15, -0.1) is 23.5 Å². The van der Waals surface area contributed by atoms with Crippen LogP contribution in [0.25, 0.3) is 0 Å². The van der Waals surface area contributed by atoms with Gasteiger partial charge in [-0.2, -0.15) is 0 Å². The van der Waals surface area contributed by atoms with Gasteiger partial charge in [-0.05, 0) is 6.92 Å². The van der Waals surface area contributed by atoms with Crippen LogP contribution in [-0.4, -0.2) is 29.3 Å². The average Bonchev–Trinajstić information content (AvgIpc) is 2.17. The molecule has 0 aromatic heterocycles. The van der Waals surface area contributed by atoms with Crippen LogP contribution >= 0.6 is 23.5 Å². The molecule has 0 spiro atoms. The van der Waals surface area contributed by atoms with Crippen LogP contribution in [0.15, 0.2) is 0 Å². The summed E-state index contributed by atoms with van der Waals surface area (Å²) < 4.78 is 5.82. The van der Waals surface area contributed by atoms with Crippen molar-refractivity contribution >= 4 is 23.5 Å². The minimum Gasteiger partial charge on any atom is -0.384 e. The van der Waals surface area contributed by atoms with Crippen LogP contribution in [0, 0.1) is 0 Å². The fraction of sp³-hybridized carbons (Fsp3) is 1.00. The van der Waals surface area contributed by atoms with E-state index < -0.39 is 0 Å². The summed E-state index contributed by atoms with van der Waals surface area (Å²) in [6, 6.07) is 0. The summed E-state index contributed by atoms with van der Waals surface area (Å²) in [5.41, 5.74) is 0. The molecule has 0 N–H and O–H groups in total. The van der Waals surface area contributed by atoms with Crippen LogP contribution in [0.4, 0.5) is 0 Å². The number of hydrogen-bond acceptors (Lipinski definition) is 3. The van der Waals surface area contributed by atoms with Gasteiger partial charge >= 0.3 is 0 Å². The highest BCUT2D eigenvalue weighted by Crippen LogP contribution is 2.36. The standard InChI is InChI=1S/C6H12OS2/c1-5-8-4-6(9-5)3-7-2/h5-6H,3-4H2,1-2H3. The van der Waals surface area contributed by atoms with E-state index >= 15 is 0 Å². The minimum atomic E-state index is 0.745. The Morgan fingerprint density at radius 1 is 1.67 bits per heavy atom. The lowest BCUT2D eigenvalue weighted by Crippen LogP contribution is -2.08. The lowest BCUT2D eigenvalue weighted by molar-refractivity contribution is 0.204. The third-order valence-corrected chi connectivity index (χ3v) is 4.34. The fourth-order valence-corrected chi connectivity index (χ4v) is 3.78. The Morgan fingerprint density at radius 2 is 2.44 bits per heavy atom. The van der Waals surface area contributed by atoms with Crippen LogP contribution in [0.5, 0.6) is 0 Å². The lowest BCUT2D eigenvalue weighted by atomic mass is 10.5. The smallest absolute Gasteiger partial charge is 0.0589 e. The number of thioether (sulfide) groups is 2. The monoisotopic (exact) mass is 164 g/mol. The van der Waals surface area contributed by atoms with E-state index in [1.807, 2.05) is 23.5 Å². The van der Waals surface area contributed by atoms with Gasteiger partial charge in [0.2, 0.25) is 0 Å².